The lowest BCUT2D eigenvalue weighted by Gasteiger charge is -2.14. The Balaban J connectivity index is 2.60. The van der Waals surface area contributed by atoms with Gasteiger partial charge in [-0.1, -0.05) is 15.9 Å². The van der Waals surface area contributed by atoms with Crippen molar-refractivity contribution in [1.82, 2.24) is 14.8 Å². The fourth-order valence-electron chi connectivity index (χ4n) is 2.02. The predicted molar refractivity (Wildman–Crippen MR) is 73.2 cm³/mol. The zero-order valence-electron chi connectivity index (χ0n) is 10.6. The Morgan fingerprint density at radius 3 is 2.61 bits per heavy atom. The summed E-state index contributed by atoms with van der Waals surface area (Å²) in [6.07, 6.45) is 0. The Labute approximate surface area is 114 Å². The average Bonchev–Trinajstić information content (AvgIpc) is 2.72. The topological polar surface area (TPSA) is 30.7 Å². The summed E-state index contributed by atoms with van der Waals surface area (Å²) < 4.78 is 15.2. The second-order valence-electron chi connectivity index (χ2n) is 4.50. The smallest absolute Gasteiger partial charge is 0.164 e. The van der Waals surface area contributed by atoms with Crippen LogP contribution in [0.3, 0.4) is 0 Å². The van der Waals surface area contributed by atoms with Gasteiger partial charge in [-0.25, -0.2) is 4.39 Å². The summed E-state index contributed by atoms with van der Waals surface area (Å²) in [5.74, 6) is 1.44. The molecular weight excluding hydrogens is 297 g/mol. The van der Waals surface area contributed by atoms with Crippen molar-refractivity contribution in [2.24, 2.45) is 0 Å². The number of rotatable bonds is 3. The number of hydrogen-bond donors (Lipinski definition) is 0. The summed E-state index contributed by atoms with van der Waals surface area (Å²) in [7, 11) is 0. The third-order valence-electron chi connectivity index (χ3n) is 2.83. The van der Waals surface area contributed by atoms with E-state index in [0.29, 0.717) is 5.33 Å². The van der Waals surface area contributed by atoms with E-state index in [4.69, 9.17) is 0 Å². The zero-order valence-corrected chi connectivity index (χ0v) is 12.2. The molecule has 0 aliphatic rings. The minimum atomic E-state index is -0.229. The van der Waals surface area contributed by atoms with Crippen LogP contribution >= 0.6 is 15.9 Å². The van der Waals surface area contributed by atoms with Crippen LogP contribution < -0.4 is 0 Å². The number of aryl methyl sites for hydroxylation is 1. The molecule has 2 rings (SSSR count). The molecule has 0 saturated heterocycles. The van der Waals surface area contributed by atoms with Gasteiger partial charge in [-0.2, -0.15) is 0 Å². The van der Waals surface area contributed by atoms with Gasteiger partial charge < -0.3 is 4.57 Å². The molecule has 0 radical (unpaired) electrons. The Hall–Kier alpha value is -1.23. The Morgan fingerprint density at radius 2 is 2.06 bits per heavy atom. The highest BCUT2D eigenvalue weighted by Crippen LogP contribution is 2.26. The van der Waals surface area contributed by atoms with Crippen molar-refractivity contribution >= 4 is 15.9 Å². The second kappa shape index (κ2) is 5.18. The highest BCUT2D eigenvalue weighted by Gasteiger charge is 2.16. The highest BCUT2D eigenvalue weighted by molar-refractivity contribution is 9.08. The van der Waals surface area contributed by atoms with Gasteiger partial charge in [0.2, 0.25) is 0 Å². The Morgan fingerprint density at radius 1 is 1.33 bits per heavy atom. The second-order valence-corrected chi connectivity index (χ2v) is 5.06. The van der Waals surface area contributed by atoms with E-state index in [1.807, 2.05) is 6.92 Å². The van der Waals surface area contributed by atoms with Gasteiger partial charge in [0.25, 0.3) is 0 Å². The van der Waals surface area contributed by atoms with Crippen LogP contribution in [0.2, 0.25) is 0 Å². The molecule has 1 aromatic heterocycles. The standard InChI is InChI=1S/C13H15BrFN3/c1-8(2)18-12(7-14)16-17-13(18)11-5-4-10(15)6-9(11)3/h4-6,8H,7H2,1-3H3. The molecule has 1 heterocycles. The fraction of sp³-hybridized carbons (Fsp3) is 0.385. The van der Waals surface area contributed by atoms with Crippen LogP contribution in [0.15, 0.2) is 18.2 Å². The van der Waals surface area contributed by atoms with Gasteiger partial charge in [-0.3, -0.25) is 0 Å². The van der Waals surface area contributed by atoms with Crippen molar-refractivity contribution in [3.63, 3.8) is 0 Å². The van der Waals surface area contributed by atoms with Gasteiger partial charge in [0.05, 0.1) is 5.33 Å². The van der Waals surface area contributed by atoms with Gasteiger partial charge in [-0.05, 0) is 44.5 Å². The highest BCUT2D eigenvalue weighted by atomic mass is 79.9. The van der Waals surface area contributed by atoms with Crippen molar-refractivity contribution in [2.45, 2.75) is 32.1 Å². The summed E-state index contributed by atoms with van der Waals surface area (Å²) in [6.45, 7) is 6.04. The number of hydrogen-bond acceptors (Lipinski definition) is 2. The maximum absolute atomic E-state index is 13.1. The summed E-state index contributed by atoms with van der Waals surface area (Å²) in [6, 6.07) is 4.98. The van der Waals surface area contributed by atoms with Crippen LogP contribution in [0.1, 0.15) is 31.3 Å². The van der Waals surface area contributed by atoms with Gasteiger partial charge in [-0.15, -0.1) is 10.2 Å². The lowest BCUT2D eigenvalue weighted by Crippen LogP contribution is -2.07. The first-order valence-corrected chi connectivity index (χ1v) is 6.93. The summed E-state index contributed by atoms with van der Waals surface area (Å²) in [4.78, 5) is 0. The monoisotopic (exact) mass is 311 g/mol. The maximum Gasteiger partial charge on any atom is 0.164 e. The molecule has 96 valence electrons. The molecule has 18 heavy (non-hydrogen) atoms. The predicted octanol–water partition coefficient (Wildman–Crippen LogP) is 3.87. The van der Waals surface area contributed by atoms with Gasteiger partial charge in [0.15, 0.2) is 5.82 Å². The number of halogens is 2. The molecule has 0 aliphatic heterocycles. The SMILES string of the molecule is Cc1cc(F)ccc1-c1nnc(CBr)n1C(C)C. The van der Waals surface area contributed by atoms with E-state index in [2.05, 4.69) is 44.5 Å². The largest absolute Gasteiger partial charge is 0.308 e. The third kappa shape index (κ3) is 2.32. The van der Waals surface area contributed by atoms with Crippen LogP contribution in [0.5, 0.6) is 0 Å². The van der Waals surface area contributed by atoms with E-state index in [9.17, 15) is 4.39 Å². The van der Waals surface area contributed by atoms with Crippen LogP contribution in [-0.4, -0.2) is 14.8 Å². The lowest BCUT2D eigenvalue weighted by molar-refractivity contribution is 0.585. The molecule has 0 amide bonds. The first kappa shape index (κ1) is 13.2. The van der Waals surface area contributed by atoms with Crippen molar-refractivity contribution in [3.05, 3.63) is 35.4 Å². The molecule has 0 saturated carbocycles. The Kier molecular flexibility index (Phi) is 3.80. The molecule has 0 aliphatic carbocycles. The van der Waals surface area contributed by atoms with Gasteiger partial charge in [0.1, 0.15) is 11.6 Å². The summed E-state index contributed by atoms with van der Waals surface area (Å²) in [5.41, 5.74) is 1.79. The van der Waals surface area contributed by atoms with Crippen LogP contribution in [0, 0.1) is 12.7 Å². The minimum Gasteiger partial charge on any atom is -0.308 e. The maximum atomic E-state index is 13.1. The average molecular weight is 312 g/mol. The van der Waals surface area contributed by atoms with Gasteiger partial charge >= 0.3 is 0 Å². The third-order valence-corrected chi connectivity index (χ3v) is 3.33. The first-order chi connectivity index (χ1) is 8.54. The molecule has 0 unspecified atom stereocenters. The zero-order chi connectivity index (χ0) is 13.3. The molecule has 3 nitrogen and oxygen atoms in total. The normalized spacial score (nSPS) is 11.2. The molecule has 0 fully saturated rings. The number of nitrogens with zero attached hydrogens (tertiary/aromatic N) is 3. The molecule has 0 atom stereocenters. The lowest BCUT2D eigenvalue weighted by atomic mass is 10.1. The number of benzene rings is 1. The molecule has 1 aromatic carbocycles. The molecule has 0 spiro atoms. The first-order valence-electron chi connectivity index (χ1n) is 5.81. The van der Waals surface area contributed by atoms with E-state index in [1.54, 1.807) is 6.07 Å². The Bertz CT molecular complexity index is 563. The molecule has 2 aromatic rings. The van der Waals surface area contributed by atoms with E-state index < -0.39 is 0 Å². The van der Waals surface area contributed by atoms with Crippen molar-refractivity contribution in [3.8, 4) is 11.4 Å². The van der Waals surface area contributed by atoms with Gasteiger partial charge in [0, 0.05) is 11.6 Å². The van der Waals surface area contributed by atoms with Crippen LogP contribution in [-0.2, 0) is 5.33 Å². The molecular formula is C13H15BrFN3. The van der Waals surface area contributed by atoms with E-state index in [0.717, 1.165) is 22.8 Å². The molecule has 0 bridgehead atoms. The minimum absolute atomic E-state index is 0.229. The molecule has 5 heteroatoms. The number of aromatic nitrogens is 3. The molecule has 0 N–H and O–H groups in total. The van der Waals surface area contributed by atoms with Crippen molar-refractivity contribution in [1.29, 1.82) is 0 Å². The van der Waals surface area contributed by atoms with E-state index in [1.165, 1.54) is 12.1 Å². The summed E-state index contributed by atoms with van der Waals surface area (Å²) in [5, 5.41) is 9.05. The number of alkyl halides is 1. The van der Waals surface area contributed by atoms with Crippen molar-refractivity contribution < 1.29 is 4.39 Å². The quantitative estimate of drug-likeness (QED) is 0.806. The van der Waals surface area contributed by atoms with E-state index >= 15 is 0 Å². The fourth-order valence-corrected chi connectivity index (χ4v) is 2.40. The summed E-state index contributed by atoms with van der Waals surface area (Å²) >= 11 is 3.41. The van der Waals surface area contributed by atoms with Crippen LogP contribution in [0.25, 0.3) is 11.4 Å². The van der Waals surface area contributed by atoms with E-state index in [-0.39, 0.29) is 11.9 Å². The van der Waals surface area contributed by atoms with Crippen LogP contribution in [0.4, 0.5) is 4.39 Å². The van der Waals surface area contributed by atoms with Crippen molar-refractivity contribution in [2.75, 3.05) is 0 Å².